The molecule has 0 unspecified atom stereocenters. The molecule has 2 heterocycles. The highest BCUT2D eigenvalue weighted by molar-refractivity contribution is 8.03. The Kier molecular flexibility index (Phi) is 8.22. The second-order valence-electron chi connectivity index (χ2n) is 9.90. The Labute approximate surface area is 257 Å². The summed E-state index contributed by atoms with van der Waals surface area (Å²) in [7, 11) is 0. The first-order valence-electron chi connectivity index (χ1n) is 13.6. The molecule has 1 aliphatic heterocycles. The number of para-hydroxylation sites is 2. The van der Waals surface area contributed by atoms with Crippen LogP contribution in [-0.2, 0) is 13.1 Å². The van der Waals surface area contributed by atoms with Crippen LogP contribution < -0.4 is 9.47 Å². The van der Waals surface area contributed by atoms with Gasteiger partial charge in [-0.1, -0.05) is 89.9 Å². The smallest absolute Gasteiger partial charge is 0.335 e. The number of carbonyl (C=O) groups is 2. The van der Waals surface area contributed by atoms with Crippen molar-refractivity contribution in [2.45, 2.75) is 18.0 Å². The van der Waals surface area contributed by atoms with E-state index in [1.54, 1.807) is 47.4 Å². The van der Waals surface area contributed by atoms with E-state index in [4.69, 9.17) is 0 Å². The van der Waals surface area contributed by atoms with E-state index in [1.807, 2.05) is 66.8 Å². The lowest BCUT2D eigenvalue weighted by Crippen LogP contribution is -2.35. The Bertz CT molecular complexity index is 1910. The molecule has 8 heteroatoms. The summed E-state index contributed by atoms with van der Waals surface area (Å²) in [5.41, 5.74) is 4.89. The SMILES string of the molecule is O=C(O)c1ccc(CN2C(=CC=CC=Cc3sc4ccccc4[n+]3Cc3ccc(C(=O)O)cc3)Sc3ccccc32)cc1. The Morgan fingerprint density at radius 1 is 0.744 bits per heavy atom. The quantitative estimate of drug-likeness (QED) is 0.132. The third kappa shape index (κ3) is 6.30. The number of aromatic nitrogens is 1. The molecule has 5 aromatic rings. The maximum atomic E-state index is 11.3. The van der Waals surface area contributed by atoms with Crippen molar-refractivity contribution in [3.8, 4) is 0 Å². The molecule has 0 amide bonds. The fraction of sp³-hybridized carbons (Fsp3) is 0.0571. The lowest BCUT2D eigenvalue weighted by molar-refractivity contribution is -0.659. The van der Waals surface area contributed by atoms with Crippen LogP contribution in [0.3, 0.4) is 0 Å². The van der Waals surface area contributed by atoms with Gasteiger partial charge in [0.25, 0.3) is 5.01 Å². The van der Waals surface area contributed by atoms with Crippen molar-refractivity contribution in [1.29, 1.82) is 0 Å². The minimum absolute atomic E-state index is 0.279. The molecule has 6 rings (SSSR count). The predicted molar refractivity (Wildman–Crippen MR) is 173 cm³/mol. The van der Waals surface area contributed by atoms with E-state index in [9.17, 15) is 19.8 Å². The lowest BCUT2D eigenvalue weighted by Gasteiger charge is -2.20. The van der Waals surface area contributed by atoms with Gasteiger partial charge >= 0.3 is 11.9 Å². The number of rotatable bonds is 9. The van der Waals surface area contributed by atoms with E-state index in [0.717, 1.165) is 32.4 Å². The summed E-state index contributed by atoms with van der Waals surface area (Å²) in [5.74, 6) is -1.86. The van der Waals surface area contributed by atoms with Gasteiger partial charge in [0, 0.05) is 29.1 Å². The Morgan fingerprint density at radius 3 is 2.12 bits per heavy atom. The van der Waals surface area contributed by atoms with E-state index < -0.39 is 11.9 Å². The number of hydrogen-bond acceptors (Lipinski definition) is 5. The summed E-state index contributed by atoms with van der Waals surface area (Å²) >= 11 is 3.43. The third-order valence-electron chi connectivity index (χ3n) is 7.06. The van der Waals surface area contributed by atoms with E-state index in [0.29, 0.717) is 13.1 Å². The molecule has 0 saturated heterocycles. The Balaban J connectivity index is 1.22. The first kappa shape index (κ1) is 28.2. The number of thiazole rings is 1. The second-order valence-corrected chi connectivity index (χ2v) is 12.0. The molecular weight excluding hydrogens is 577 g/mol. The first-order chi connectivity index (χ1) is 21.0. The fourth-order valence-electron chi connectivity index (χ4n) is 4.89. The molecule has 6 nitrogen and oxygen atoms in total. The van der Waals surface area contributed by atoms with Crippen molar-refractivity contribution >= 4 is 57.0 Å². The second kappa shape index (κ2) is 12.5. The van der Waals surface area contributed by atoms with Gasteiger partial charge in [-0.15, -0.1) is 0 Å². The van der Waals surface area contributed by atoms with Crippen molar-refractivity contribution in [3.63, 3.8) is 0 Å². The molecule has 0 bridgehead atoms. The molecule has 2 N–H and O–H groups in total. The highest BCUT2D eigenvalue weighted by atomic mass is 32.2. The van der Waals surface area contributed by atoms with Gasteiger partial charge in [-0.05, 0) is 54.1 Å². The topological polar surface area (TPSA) is 81.7 Å². The Morgan fingerprint density at radius 2 is 1.40 bits per heavy atom. The number of carboxylic acid groups (broad SMARTS) is 2. The van der Waals surface area contributed by atoms with Gasteiger partial charge in [-0.25, -0.2) is 9.59 Å². The van der Waals surface area contributed by atoms with Crippen LogP contribution in [0.4, 0.5) is 5.69 Å². The first-order valence-corrected chi connectivity index (χ1v) is 15.2. The molecule has 0 aliphatic carbocycles. The summed E-state index contributed by atoms with van der Waals surface area (Å²) in [4.78, 5) is 25.9. The zero-order valence-electron chi connectivity index (χ0n) is 23.0. The van der Waals surface area contributed by atoms with Crippen LogP contribution >= 0.6 is 23.1 Å². The van der Waals surface area contributed by atoms with Gasteiger partial charge in [0.05, 0.1) is 21.8 Å². The van der Waals surface area contributed by atoms with Crippen LogP contribution in [0.25, 0.3) is 16.3 Å². The number of thioether (sulfide) groups is 1. The van der Waals surface area contributed by atoms with E-state index in [2.05, 4.69) is 45.9 Å². The summed E-state index contributed by atoms with van der Waals surface area (Å²) < 4.78 is 3.43. The monoisotopic (exact) mass is 603 g/mol. The molecular formula is C35H27N2O4S2+. The third-order valence-corrected chi connectivity index (χ3v) is 9.32. The maximum absolute atomic E-state index is 11.3. The molecule has 0 atom stereocenters. The average Bonchev–Trinajstić information content (AvgIpc) is 3.55. The van der Waals surface area contributed by atoms with Gasteiger partial charge in [-0.2, -0.15) is 4.57 Å². The standard InChI is InChI=1S/C35H26N2O4S2/c38-34(39)26-18-14-24(15-19-26)22-36-28-8-4-6-10-30(28)42-32(36)12-2-1-3-13-33-37(29-9-5-7-11-31(29)43-33)23-25-16-20-27(21-17-25)35(40)41/h1-21H,22-23H2,(H-,38,39,40,41)/p+1. The number of carboxylic acids is 2. The number of hydrogen-bond donors (Lipinski definition) is 2. The minimum atomic E-state index is -0.928. The van der Waals surface area contributed by atoms with Crippen molar-refractivity contribution in [3.05, 3.63) is 154 Å². The number of fused-ring (bicyclic) bond motifs is 2. The maximum Gasteiger partial charge on any atom is 0.335 e. The predicted octanol–water partition coefficient (Wildman–Crippen LogP) is 7.86. The zero-order chi connectivity index (χ0) is 29.8. The number of benzene rings is 4. The van der Waals surface area contributed by atoms with Crippen LogP contribution in [0.1, 0.15) is 36.9 Å². The van der Waals surface area contributed by atoms with E-state index >= 15 is 0 Å². The van der Waals surface area contributed by atoms with Crippen LogP contribution in [0, 0.1) is 0 Å². The number of allylic oxidation sites excluding steroid dienone is 4. The normalized spacial score (nSPS) is 13.9. The largest absolute Gasteiger partial charge is 0.478 e. The summed E-state index contributed by atoms with van der Waals surface area (Å²) in [6.07, 6.45) is 10.3. The number of aromatic carboxylic acids is 2. The number of anilines is 1. The molecule has 4 aromatic carbocycles. The van der Waals surface area contributed by atoms with Crippen molar-refractivity contribution in [1.82, 2.24) is 0 Å². The van der Waals surface area contributed by atoms with E-state index in [-0.39, 0.29) is 11.1 Å². The highest BCUT2D eigenvalue weighted by Gasteiger charge is 2.24. The summed E-state index contributed by atoms with van der Waals surface area (Å²) in [6, 6.07) is 30.6. The molecule has 212 valence electrons. The molecule has 1 aliphatic rings. The van der Waals surface area contributed by atoms with Gasteiger partial charge in [0.2, 0.25) is 5.52 Å². The van der Waals surface area contributed by atoms with Crippen LogP contribution in [0.5, 0.6) is 0 Å². The van der Waals surface area contributed by atoms with Crippen LogP contribution in [0.2, 0.25) is 0 Å². The van der Waals surface area contributed by atoms with Gasteiger partial charge in [0.15, 0.2) is 6.54 Å². The van der Waals surface area contributed by atoms with Gasteiger partial charge < -0.3 is 15.1 Å². The van der Waals surface area contributed by atoms with Crippen molar-refractivity contribution in [2.24, 2.45) is 0 Å². The van der Waals surface area contributed by atoms with Gasteiger partial charge in [0.1, 0.15) is 4.70 Å². The number of nitrogens with zero attached hydrogens (tertiary/aromatic N) is 2. The van der Waals surface area contributed by atoms with Crippen LogP contribution in [-0.4, -0.2) is 22.2 Å². The molecule has 1 aromatic heterocycles. The zero-order valence-corrected chi connectivity index (χ0v) is 24.6. The molecule has 0 saturated carbocycles. The van der Waals surface area contributed by atoms with Crippen molar-refractivity contribution < 1.29 is 24.4 Å². The molecule has 43 heavy (non-hydrogen) atoms. The molecule has 0 fully saturated rings. The lowest BCUT2D eigenvalue weighted by atomic mass is 10.1. The van der Waals surface area contributed by atoms with E-state index in [1.165, 1.54) is 9.60 Å². The highest BCUT2D eigenvalue weighted by Crippen LogP contribution is 2.46. The van der Waals surface area contributed by atoms with Crippen LogP contribution in [0.15, 0.2) is 131 Å². The molecule has 0 spiro atoms. The summed E-state index contributed by atoms with van der Waals surface area (Å²) in [5, 5.41) is 20.7. The van der Waals surface area contributed by atoms with Gasteiger partial charge in [-0.3, -0.25) is 0 Å². The fourth-order valence-corrected chi connectivity index (χ4v) is 7.04. The van der Waals surface area contributed by atoms with Crippen molar-refractivity contribution in [2.75, 3.05) is 4.90 Å². The minimum Gasteiger partial charge on any atom is -0.478 e. The summed E-state index contributed by atoms with van der Waals surface area (Å²) in [6.45, 7) is 1.27. The Hall–Kier alpha value is -4.92. The molecule has 0 radical (unpaired) electrons. The average molecular weight is 604 g/mol.